The third-order valence-electron chi connectivity index (χ3n) is 4.20. The van der Waals surface area contributed by atoms with E-state index in [1.807, 2.05) is 30.3 Å². The first-order valence-electron chi connectivity index (χ1n) is 8.63. The zero-order valence-corrected chi connectivity index (χ0v) is 16.0. The number of amides is 1. The number of aliphatic hydroxyl groups excluding tert-OH is 1. The van der Waals surface area contributed by atoms with Crippen LogP contribution in [0.3, 0.4) is 0 Å². The van der Waals surface area contributed by atoms with Crippen molar-refractivity contribution in [1.29, 1.82) is 0 Å². The maximum Gasteiger partial charge on any atom is 0.273 e. The molecule has 0 fully saturated rings. The number of nitrogens with one attached hydrogen (secondary N) is 1. The molecule has 146 valence electrons. The van der Waals surface area contributed by atoms with Gasteiger partial charge in [-0.15, -0.1) is 0 Å². The fourth-order valence-electron chi connectivity index (χ4n) is 2.64. The van der Waals surface area contributed by atoms with E-state index in [1.165, 1.54) is 18.2 Å². The molecule has 0 radical (unpaired) electrons. The van der Waals surface area contributed by atoms with Crippen LogP contribution in [0.4, 0.5) is 0 Å². The average molecular weight is 400 g/mol. The van der Waals surface area contributed by atoms with Crippen molar-refractivity contribution in [3.63, 3.8) is 0 Å². The summed E-state index contributed by atoms with van der Waals surface area (Å²) in [6.45, 7) is 0.278. The Balaban J connectivity index is 1.58. The van der Waals surface area contributed by atoms with Gasteiger partial charge < -0.3 is 14.9 Å². The third-order valence-corrected chi connectivity index (χ3v) is 5.33. The Kier molecular flexibility index (Phi) is 5.91. The maximum absolute atomic E-state index is 12.2. The van der Waals surface area contributed by atoms with Gasteiger partial charge in [0.1, 0.15) is 0 Å². The van der Waals surface area contributed by atoms with Crippen LogP contribution in [0, 0.1) is 0 Å². The van der Waals surface area contributed by atoms with E-state index in [4.69, 9.17) is 4.52 Å². The summed E-state index contributed by atoms with van der Waals surface area (Å²) in [5.41, 5.74) is 1.51. The minimum absolute atomic E-state index is 0.108. The molecule has 28 heavy (non-hydrogen) atoms. The summed E-state index contributed by atoms with van der Waals surface area (Å²) < 4.78 is 28.2. The zero-order valence-electron chi connectivity index (χ0n) is 15.2. The SMILES string of the molecule is CS(=O)(=O)c1ccc(-c2cc(C(=O)NCCC(O)c3ccccc3)no2)cc1. The van der Waals surface area contributed by atoms with E-state index < -0.39 is 21.8 Å². The number of carbonyl (C=O) groups is 1. The average Bonchev–Trinajstić information content (AvgIpc) is 3.18. The summed E-state index contributed by atoms with van der Waals surface area (Å²) in [5.74, 6) is -0.0578. The van der Waals surface area contributed by atoms with E-state index in [0.29, 0.717) is 17.7 Å². The van der Waals surface area contributed by atoms with Crippen molar-refractivity contribution in [3.8, 4) is 11.3 Å². The highest BCUT2D eigenvalue weighted by Crippen LogP contribution is 2.22. The third kappa shape index (κ3) is 4.85. The quantitative estimate of drug-likeness (QED) is 0.631. The second-order valence-electron chi connectivity index (χ2n) is 6.34. The number of carbonyl (C=O) groups excluding carboxylic acids is 1. The molecule has 0 aliphatic heterocycles. The molecule has 8 heteroatoms. The smallest absolute Gasteiger partial charge is 0.273 e. The number of rotatable bonds is 7. The minimum Gasteiger partial charge on any atom is -0.388 e. The van der Waals surface area contributed by atoms with Crippen molar-refractivity contribution in [3.05, 3.63) is 71.9 Å². The van der Waals surface area contributed by atoms with Crippen LogP contribution < -0.4 is 5.32 Å². The number of nitrogens with zero attached hydrogens (tertiary/aromatic N) is 1. The van der Waals surface area contributed by atoms with Gasteiger partial charge >= 0.3 is 0 Å². The van der Waals surface area contributed by atoms with E-state index in [-0.39, 0.29) is 17.1 Å². The summed E-state index contributed by atoms with van der Waals surface area (Å²) in [5, 5.41) is 16.6. The number of sulfone groups is 1. The highest BCUT2D eigenvalue weighted by Gasteiger charge is 2.15. The Morgan fingerprint density at radius 1 is 1.14 bits per heavy atom. The van der Waals surface area contributed by atoms with Gasteiger partial charge in [-0.25, -0.2) is 8.42 Å². The molecule has 1 atom stereocenters. The van der Waals surface area contributed by atoms with Gasteiger partial charge in [0.15, 0.2) is 21.3 Å². The van der Waals surface area contributed by atoms with Crippen molar-refractivity contribution >= 4 is 15.7 Å². The first-order chi connectivity index (χ1) is 13.3. The van der Waals surface area contributed by atoms with Crippen LogP contribution in [-0.2, 0) is 9.84 Å². The van der Waals surface area contributed by atoms with Gasteiger partial charge in [0.25, 0.3) is 5.91 Å². The maximum atomic E-state index is 12.2. The van der Waals surface area contributed by atoms with Gasteiger partial charge in [-0.05, 0) is 36.2 Å². The van der Waals surface area contributed by atoms with E-state index in [2.05, 4.69) is 10.5 Å². The fourth-order valence-corrected chi connectivity index (χ4v) is 3.27. The number of aliphatic hydroxyl groups is 1. The predicted molar refractivity (Wildman–Crippen MR) is 103 cm³/mol. The molecule has 1 aromatic heterocycles. The summed E-state index contributed by atoms with van der Waals surface area (Å²) in [4.78, 5) is 12.4. The largest absolute Gasteiger partial charge is 0.388 e. The van der Waals surface area contributed by atoms with Crippen LogP contribution in [0.5, 0.6) is 0 Å². The molecule has 0 spiro atoms. The molecular formula is C20H20N2O5S. The molecule has 0 bridgehead atoms. The number of hydrogen-bond acceptors (Lipinski definition) is 6. The zero-order chi connectivity index (χ0) is 20.1. The first kappa shape index (κ1) is 19.8. The van der Waals surface area contributed by atoms with Crippen molar-refractivity contribution < 1.29 is 22.8 Å². The molecule has 2 N–H and O–H groups in total. The van der Waals surface area contributed by atoms with Gasteiger partial charge in [0.05, 0.1) is 11.0 Å². The Hall–Kier alpha value is -2.97. The highest BCUT2D eigenvalue weighted by molar-refractivity contribution is 7.90. The van der Waals surface area contributed by atoms with Crippen molar-refractivity contribution in [2.45, 2.75) is 17.4 Å². The van der Waals surface area contributed by atoms with E-state index in [1.54, 1.807) is 12.1 Å². The van der Waals surface area contributed by atoms with Gasteiger partial charge in [-0.3, -0.25) is 4.79 Å². The molecule has 2 aromatic carbocycles. The molecule has 1 heterocycles. The number of aromatic nitrogens is 1. The van der Waals surface area contributed by atoms with Crippen LogP contribution in [0.1, 0.15) is 28.6 Å². The van der Waals surface area contributed by atoms with Crippen molar-refractivity contribution in [2.75, 3.05) is 12.8 Å². The highest BCUT2D eigenvalue weighted by atomic mass is 32.2. The lowest BCUT2D eigenvalue weighted by Gasteiger charge is -2.10. The van der Waals surface area contributed by atoms with Crippen LogP contribution in [-0.4, -0.2) is 37.4 Å². The molecule has 0 saturated heterocycles. The molecule has 0 aliphatic rings. The lowest BCUT2D eigenvalue weighted by Crippen LogP contribution is -2.25. The molecule has 0 aliphatic carbocycles. The number of hydrogen-bond donors (Lipinski definition) is 2. The van der Waals surface area contributed by atoms with Gasteiger partial charge in [-0.2, -0.15) is 0 Å². The standard InChI is InChI=1S/C20H20N2O5S/c1-28(25,26)16-9-7-15(8-10-16)19-13-17(22-27-19)20(24)21-12-11-18(23)14-5-3-2-4-6-14/h2-10,13,18,23H,11-12H2,1H3,(H,21,24). The van der Waals surface area contributed by atoms with Gasteiger partial charge in [-0.1, -0.05) is 35.5 Å². The van der Waals surface area contributed by atoms with E-state index >= 15 is 0 Å². The fraction of sp³-hybridized carbons (Fsp3) is 0.200. The number of benzene rings is 2. The van der Waals surface area contributed by atoms with Gasteiger partial charge in [0, 0.05) is 24.4 Å². The summed E-state index contributed by atoms with van der Waals surface area (Å²) >= 11 is 0. The summed E-state index contributed by atoms with van der Waals surface area (Å²) in [6.07, 6.45) is 0.837. The molecule has 7 nitrogen and oxygen atoms in total. The Morgan fingerprint density at radius 3 is 2.46 bits per heavy atom. The lowest BCUT2D eigenvalue weighted by atomic mass is 10.1. The molecule has 1 unspecified atom stereocenters. The minimum atomic E-state index is -3.28. The lowest BCUT2D eigenvalue weighted by molar-refractivity contribution is 0.0933. The molecule has 0 saturated carbocycles. The van der Waals surface area contributed by atoms with Crippen LogP contribution in [0.15, 0.2) is 70.1 Å². The van der Waals surface area contributed by atoms with Crippen molar-refractivity contribution in [1.82, 2.24) is 10.5 Å². The van der Waals surface area contributed by atoms with Crippen LogP contribution in [0.25, 0.3) is 11.3 Å². The van der Waals surface area contributed by atoms with Crippen LogP contribution in [0.2, 0.25) is 0 Å². The van der Waals surface area contributed by atoms with E-state index in [9.17, 15) is 18.3 Å². The summed E-state index contributed by atoms with van der Waals surface area (Å²) in [6, 6.07) is 16.8. The van der Waals surface area contributed by atoms with E-state index in [0.717, 1.165) is 11.8 Å². The van der Waals surface area contributed by atoms with Crippen molar-refractivity contribution in [2.24, 2.45) is 0 Å². The normalized spacial score (nSPS) is 12.5. The Morgan fingerprint density at radius 2 is 1.82 bits per heavy atom. The molecule has 1 amide bonds. The second kappa shape index (κ2) is 8.37. The second-order valence-corrected chi connectivity index (χ2v) is 8.36. The Labute approximate surface area is 162 Å². The monoisotopic (exact) mass is 400 g/mol. The molecule has 3 rings (SSSR count). The Bertz CT molecular complexity index is 1040. The first-order valence-corrected chi connectivity index (χ1v) is 10.5. The van der Waals surface area contributed by atoms with Crippen LogP contribution >= 0.6 is 0 Å². The van der Waals surface area contributed by atoms with Gasteiger partial charge in [0.2, 0.25) is 0 Å². The topological polar surface area (TPSA) is 110 Å². The summed E-state index contributed by atoms with van der Waals surface area (Å²) in [7, 11) is -3.28. The molecule has 3 aromatic rings. The predicted octanol–water partition coefficient (Wildman–Crippen LogP) is 2.60. The molecular weight excluding hydrogens is 380 g/mol.